The number of fused-ring (bicyclic) bond motifs is 1. The normalized spacial score (nSPS) is 9.29. The maximum absolute atomic E-state index is 5.41. The summed E-state index contributed by atoms with van der Waals surface area (Å²) < 4.78 is 0. The molecule has 0 N–H and O–H groups in total. The molecule has 2 aromatic rings. The van der Waals surface area contributed by atoms with Crippen molar-refractivity contribution in [3.63, 3.8) is 0 Å². The lowest BCUT2D eigenvalue weighted by molar-refractivity contribution is 1.67. The van der Waals surface area contributed by atoms with E-state index in [0.29, 0.717) is 0 Å². The minimum atomic E-state index is 0.861. The largest absolute Gasteiger partial charge is 0.115 e. The van der Waals surface area contributed by atoms with E-state index < -0.39 is 0 Å². The molecule has 14 heavy (non-hydrogen) atoms. The Morgan fingerprint density at radius 2 is 1.79 bits per heavy atom. The van der Waals surface area contributed by atoms with Gasteiger partial charge >= 0.3 is 0 Å². The SMILES string of the molecule is C#Cc1ccc2cccc(C#C)c2c1. The molecule has 2 aromatic carbocycles. The van der Waals surface area contributed by atoms with Crippen LogP contribution in [0.5, 0.6) is 0 Å². The van der Waals surface area contributed by atoms with Crippen molar-refractivity contribution < 1.29 is 0 Å². The molecule has 0 radical (unpaired) electrons. The topological polar surface area (TPSA) is 0 Å². The van der Waals surface area contributed by atoms with E-state index in [9.17, 15) is 0 Å². The van der Waals surface area contributed by atoms with Gasteiger partial charge in [0, 0.05) is 11.1 Å². The monoisotopic (exact) mass is 176 g/mol. The molecule has 0 heteroatoms. The van der Waals surface area contributed by atoms with E-state index in [2.05, 4.69) is 11.8 Å². The van der Waals surface area contributed by atoms with Crippen LogP contribution in [-0.4, -0.2) is 0 Å². The lowest BCUT2D eigenvalue weighted by atomic mass is 10.0. The Bertz CT molecular complexity index is 563. The lowest BCUT2D eigenvalue weighted by Gasteiger charge is -2.00. The average molecular weight is 176 g/mol. The molecule has 2 rings (SSSR count). The Kier molecular flexibility index (Phi) is 1.98. The van der Waals surface area contributed by atoms with Crippen molar-refractivity contribution >= 4 is 10.8 Å². The number of hydrogen-bond acceptors (Lipinski definition) is 0. The summed E-state index contributed by atoms with van der Waals surface area (Å²) in [5.41, 5.74) is 1.75. The van der Waals surface area contributed by atoms with Crippen LogP contribution in [0.3, 0.4) is 0 Å². The van der Waals surface area contributed by atoms with Gasteiger partial charge in [0.1, 0.15) is 0 Å². The first-order valence-electron chi connectivity index (χ1n) is 4.31. The number of terminal acetylenes is 2. The van der Waals surface area contributed by atoms with E-state index in [1.165, 1.54) is 0 Å². The summed E-state index contributed by atoms with van der Waals surface area (Å²) in [6.45, 7) is 0. The van der Waals surface area contributed by atoms with Crippen LogP contribution >= 0.6 is 0 Å². The smallest absolute Gasteiger partial charge is 0.0321 e. The van der Waals surface area contributed by atoms with Gasteiger partial charge in [0.05, 0.1) is 0 Å². The molecule has 0 aliphatic heterocycles. The van der Waals surface area contributed by atoms with E-state index >= 15 is 0 Å². The Labute approximate surface area is 83.6 Å². The van der Waals surface area contributed by atoms with Crippen LogP contribution in [0.15, 0.2) is 36.4 Å². The van der Waals surface area contributed by atoms with Crippen molar-refractivity contribution in [3.05, 3.63) is 47.5 Å². The molecule has 0 amide bonds. The van der Waals surface area contributed by atoms with E-state index in [4.69, 9.17) is 12.8 Å². The average Bonchev–Trinajstić information content (AvgIpc) is 2.27. The van der Waals surface area contributed by atoms with Crippen LogP contribution in [0.4, 0.5) is 0 Å². The van der Waals surface area contributed by atoms with Crippen LogP contribution in [0, 0.1) is 24.7 Å². The number of rotatable bonds is 0. The van der Waals surface area contributed by atoms with Crippen molar-refractivity contribution in [1.82, 2.24) is 0 Å². The molecule has 0 unspecified atom stereocenters. The molecule has 0 saturated heterocycles. The van der Waals surface area contributed by atoms with Crippen molar-refractivity contribution in [3.8, 4) is 24.7 Å². The fraction of sp³-hybridized carbons (Fsp3) is 0. The van der Waals surface area contributed by atoms with Crippen molar-refractivity contribution in [2.45, 2.75) is 0 Å². The first kappa shape index (κ1) is 8.42. The maximum Gasteiger partial charge on any atom is 0.0321 e. The molecule has 0 spiro atoms. The van der Waals surface area contributed by atoms with Crippen LogP contribution in [0.1, 0.15) is 11.1 Å². The first-order chi connectivity index (χ1) is 6.85. The molecule has 0 fully saturated rings. The van der Waals surface area contributed by atoms with Gasteiger partial charge in [-0.25, -0.2) is 0 Å². The minimum absolute atomic E-state index is 0.861. The summed E-state index contributed by atoms with van der Waals surface area (Å²) in [7, 11) is 0. The summed E-state index contributed by atoms with van der Waals surface area (Å²) in [4.78, 5) is 0. The molecule has 0 aliphatic rings. The molecule has 0 saturated carbocycles. The van der Waals surface area contributed by atoms with Crippen molar-refractivity contribution in [2.75, 3.05) is 0 Å². The summed E-state index contributed by atoms with van der Waals surface area (Å²) in [5, 5.41) is 2.17. The maximum atomic E-state index is 5.41. The van der Waals surface area contributed by atoms with E-state index in [-0.39, 0.29) is 0 Å². The van der Waals surface area contributed by atoms with Crippen LogP contribution in [0.25, 0.3) is 10.8 Å². The third-order valence-corrected chi connectivity index (χ3v) is 2.20. The van der Waals surface area contributed by atoms with E-state index in [1.54, 1.807) is 0 Å². The molecule has 0 heterocycles. The van der Waals surface area contributed by atoms with Gasteiger partial charge in [0.15, 0.2) is 0 Å². The van der Waals surface area contributed by atoms with E-state index in [1.807, 2.05) is 36.4 Å². The summed E-state index contributed by atoms with van der Waals surface area (Å²) in [6.07, 6.45) is 10.7. The van der Waals surface area contributed by atoms with Gasteiger partial charge in [0.2, 0.25) is 0 Å². The van der Waals surface area contributed by atoms with Crippen LogP contribution < -0.4 is 0 Å². The second-order valence-electron chi connectivity index (χ2n) is 3.03. The van der Waals surface area contributed by atoms with E-state index in [0.717, 1.165) is 21.9 Å². The fourth-order valence-electron chi connectivity index (χ4n) is 1.49. The Hall–Kier alpha value is -2.18. The quantitative estimate of drug-likeness (QED) is 0.541. The molecule has 64 valence electrons. The van der Waals surface area contributed by atoms with Gasteiger partial charge in [0.25, 0.3) is 0 Å². The molecular formula is C14H8. The van der Waals surface area contributed by atoms with Gasteiger partial charge < -0.3 is 0 Å². The van der Waals surface area contributed by atoms with Crippen LogP contribution in [-0.2, 0) is 0 Å². The number of hydrogen-bond donors (Lipinski definition) is 0. The van der Waals surface area contributed by atoms with Gasteiger partial charge in [-0.1, -0.05) is 30.0 Å². The van der Waals surface area contributed by atoms with Crippen molar-refractivity contribution in [2.24, 2.45) is 0 Å². The zero-order chi connectivity index (χ0) is 9.97. The van der Waals surface area contributed by atoms with Crippen LogP contribution in [0.2, 0.25) is 0 Å². The highest BCUT2D eigenvalue weighted by molar-refractivity contribution is 5.89. The highest BCUT2D eigenvalue weighted by Gasteiger charge is 1.98. The molecule has 0 nitrogen and oxygen atoms in total. The molecule has 0 aromatic heterocycles. The second kappa shape index (κ2) is 3.29. The minimum Gasteiger partial charge on any atom is -0.115 e. The predicted octanol–water partition coefficient (Wildman–Crippen LogP) is 2.80. The molecule has 0 atom stereocenters. The summed E-state index contributed by atoms with van der Waals surface area (Å²) in [5.74, 6) is 5.25. The van der Waals surface area contributed by atoms with Gasteiger partial charge in [-0.3, -0.25) is 0 Å². The lowest BCUT2D eigenvalue weighted by Crippen LogP contribution is -1.81. The molecular weight excluding hydrogens is 168 g/mol. The third-order valence-electron chi connectivity index (χ3n) is 2.20. The Balaban J connectivity index is 2.86. The van der Waals surface area contributed by atoms with Gasteiger partial charge in [-0.05, 0) is 29.0 Å². The number of benzene rings is 2. The zero-order valence-electron chi connectivity index (χ0n) is 7.62. The first-order valence-corrected chi connectivity index (χ1v) is 4.31. The fourth-order valence-corrected chi connectivity index (χ4v) is 1.49. The van der Waals surface area contributed by atoms with Gasteiger partial charge in [-0.15, -0.1) is 12.8 Å². The summed E-state index contributed by atoms with van der Waals surface area (Å²) >= 11 is 0. The molecule has 0 bridgehead atoms. The Morgan fingerprint density at radius 3 is 2.50 bits per heavy atom. The summed E-state index contributed by atoms with van der Waals surface area (Å²) in [6, 6.07) is 11.8. The third kappa shape index (κ3) is 1.24. The second-order valence-corrected chi connectivity index (χ2v) is 3.03. The predicted molar refractivity (Wildman–Crippen MR) is 59.8 cm³/mol. The Morgan fingerprint density at radius 1 is 0.929 bits per heavy atom. The van der Waals surface area contributed by atoms with Crippen molar-refractivity contribution in [1.29, 1.82) is 0 Å². The highest BCUT2D eigenvalue weighted by atomic mass is 14.0. The van der Waals surface area contributed by atoms with Gasteiger partial charge in [-0.2, -0.15) is 0 Å². The zero-order valence-corrected chi connectivity index (χ0v) is 7.62. The molecule has 0 aliphatic carbocycles. The standard InChI is InChI=1S/C14H8/c1-3-11-8-9-13-7-5-6-12(4-2)14(13)10-11/h1-2,5-10H. The highest BCUT2D eigenvalue weighted by Crippen LogP contribution is 2.19.